The molecule has 2 amide bonds. The number of aromatic nitrogens is 2. The lowest BCUT2D eigenvalue weighted by atomic mass is 9.95. The Kier molecular flexibility index (Phi) is 7.62. The van der Waals surface area contributed by atoms with Gasteiger partial charge in [0.2, 0.25) is 11.8 Å². The van der Waals surface area contributed by atoms with Crippen molar-refractivity contribution in [1.29, 1.82) is 0 Å². The summed E-state index contributed by atoms with van der Waals surface area (Å²) in [7, 11) is 1.55. The molecule has 1 heterocycles. The zero-order chi connectivity index (χ0) is 24.1. The van der Waals surface area contributed by atoms with Gasteiger partial charge in [-0.15, -0.1) is 0 Å². The van der Waals surface area contributed by atoms with Crippen LogP contribution in [0.1, 0.15) is 38.1 Å². The number of nitrogens with one attached hydrogen (secondary N) is 1. The zero-order valence-electron chi connectivity index (χ0n) is 19.0. The van der Waals surface area contributed by atoms with E-state index >= 15 is 0 Å². The van der Waals surface area contributed by atoms with Gasteiger partial charge in [0.05, 0.1) is 23.2 Å². The Balaban J connectivity index is 1.45. The van der Waals surface area contributed by atoms with Crippen LogP contribution in [0.15, 0.2) is 58.5 Å². The van der Waals surface area contributed by atoms with Gasteiger partial charge in [0.1, 0.15) is 5.82 Å². The van der Waals surface area contributed by atoms with Crippen LogP contribution in [0.4, 0.5) is 10.1 Å². The highest BCUT2D eigenvalue weighted by Gasteiger charge is 2.23. The third-order valence-electron chi connectivity index (χ3n) is 5.97. The molecule has 7 nitrogen and oxygen atoms in total. The molecule has 0 aliphatic heterocycles. The molecule has 1 aromatic heterocycles. The van der Waals surface area contributed by atoms with Crippen LogP contribution in [-0.2, 0) is 9.59 Å². The minimum absolute atomic E-state index is 0.0534. The molecular formula is C25H27FN4O3S. The van der Waals surface area contributed by atoms with Gasteiger partial charge in [-0.25, -0.2) is 9.37 Å². The predicted molar refractivity (Wildman–Crippen MR) is 132 cm³/mol. The first kappa shape index (κ1) is 23.9. The van der Waals surface area contributed by atoms with Crippen LogP contribution in [0, 0.1) is 5.82 Å². The van der Waals surface area contributed by atoms with E-state index in [0.29, 0.717) is 21.7 Å². The quantitative estimate of drug-likeness (QED) is 0.402. The van der Waals surface area contributed by atoms with Gasteiger partial charge in [-0.1, -0.05) is 43.2 Å². The maximum Gasteiger partial charge on any atom is 0.262 e. The normalized spacial score (nSPS) is 14.2. The molecule has 0 unspecified atom stereocenters. The smallest absolute Gasteiger partial charge is 0.262 e. The van der Waals surface area contributed by atoms with Gasteiger partial charge >= 0.3 is 0 Å². The summed E-state index contributed by atoms with van der Waals surface area (Å²) >= 11 is 1.23. The number of thioether (sulfide) groups is 1. The van der Waals surface area contributed by atoms with E-state index in [1.165, 1.54) is 40.9 Å². The average molecular weight is 483 g/mol. The number of para-hydroxylation sites is 1. The summed E-state index contributed by atoms with van der Waals surface area (Å²) < 4.78 is 14.8. The topological polar surface area (TPSA) is 84.3 Å². The monoisotopic (exact) mass is 482 g/mol. The molecule has 3 aromatic rings. The number of benzene rings is 2. The van der Waals surface area contributed by atoms with E-state index in [9.17, 15) is 18.8 Å². The molecule has 9 heteroatoms. The summed E-state index contributed by atoms with van der Waals surface area (Å²) in [4.78, 5) is 44.4. The number of nitrogens with zero attached hydrogens (tertiary/aromatic N) is 3. The second-order valence-corrected chi connectivity index (χ2v) is 9.41. The molecule has 2 aromatic carbocycles. The molecule has 34 heavy (non-hydrogen) atoms. The lowest BCUT2D eigenvalue weighted by Crippen LogP contribution is -2.36. The van der Waals surface area contributed by atoms with Crippen LogP contribution in [0.2, 0.25) is 0 Å². The van der Waals surface area contributed by atoms with Gasteiger partial charge in [-0.2, -0.15) is 0 Å². The molecule has 0 spiro atoms. The van der Waals surface area contributed by atoms with Crippen LogP contribution in [0.5, 0.6) is 0 Å². The van der Waals surface area contributed by atoms with Crippen molar-refractivity contribution in [2.45, 2.75) is 43.3 Å². The molecule has 178 valence electrons. The molecular weight excluding hydrogens is 455 g/mol. The molecule has 1 N–H and O–H groups in total. The Hall–Kier alpha value is -3.20. The van der Waals surface area contributed by atoms with Crippen LogP contribution in [-0.4, -0.2) is 45.6 Å². The molecule has 0 atom stereocenters. The second kappa shape index (κ2) is 10.8. The van der Waals surface area contributed by atoms with Gasteiger partial charge in [0, 0.05) is 18.8 Å². The molecule has 1 aliphatic carbocycles. The summed E-state index contributed by atoms with van der Waals surface area (Å²) in [5, 5.41) is 3.76. The number of halogens is 1. The molecule has 1 saturated carbocycles. The number of carbonyl (C=O) groups excluding carboxylic acids is 2. The summed E-state index contributed by atoms with van der Waals surface area (Å²) in [6, 6.07) is 12.8. The van der Waals surface area contributed by atoms with E-state index < -0.39 is 5.82 Å². The fourth-order valence-corrected chi connectivity index (χ4v) is 5.17. The maximum absolute atomic E-state index is 13.3. The Morgan fingerprint density at radius 3 is 2.56 bits per heavy atom. The third-order valence-corrected chi connectivity index (χ3v) is 6.91. The number of likely N-dealkylation sites (N-methyl/N-ethyl adjacent to an activating group) is 1. The molecule has 0 saturated heterocycles. The van der Waals surface area contributed by atoms with Crippen molar-refractivity contribution >= 4 is 40.2 Å². The van der Waals surface area contributed by atoms with Crippen LogP contribution >= 0.6 is 11.8 Å². The largest absolute Gasteiger partial charge is 0.336 e. The van der Waals surface area contributed by atoms with Crippen molar-refractivity contribution < 1.29 is 14.0 Å². The summed E-state index contributed by atoms with van der Waals surface area (Å²) in [6.45, 7) is -0.142. The lowest BCUT2D eigenvalue weighted by molar-refractivity contribution is -0.131. The Morgan fingerprint density at radius 2 is 1.82 bits per heavy atom. The zero-order valence-corrected chi connectivity index (χ0v) is 19.8. The number of carbonyl (C=O) groups is 2. The standard InChI is InChI=1S/C25H27FN4O3S/c1-29(15-22(31)27-18-13-11-17(26)12-14-18)23(32)16-34-25-28-21-10-6-5-9-20(21)24(33)30(25)19-7-3-2-4-8-19/h5-6,9-14,19H,2-4,7-8,15-16H2,1H3,(H,27,31). The Labute approximate surface area is 201 Å². The highest BCUT2D eigenvalue weighted by atomic mass is 32.2. The highest BCUT2D eigenvalue weighted by molar-refractivity contribution is 7.99. The van der Waals surface area contributed by atoms with Crippen molar-refractivity contribution in [3.63, 3.8) is 0 Å². The molecule has 0 radical (unpaired) electrons. The van der Waals surface area contributed by atoms with Gasteiger partial charge in [0.15, 0.2) is 5.16 Å². The van der Waals surface area contributed by atoms with Gasteiger partial charge in [-0.3, -0.25) is 19.0 Å². The summed E-state index contributed by atoms with van der Waals surface area (Å²) in [6.07, 6.45) is 5.14. The minimum atomic E-state index is -0.392. The van der Waals surface area contributed by atoms with Crippen LogP contribution < -0.4 is 10.9 Å². The average Bonchev–Trinajstić information content (AvgIpc) is 2.84. The van der Waals surface area contributed by atoms with E-state index in [-0.39, 0.29) is 35.7 Å². The number of hydrogen-bond acceptors (Lipinski definition) is 5. The number of anilines is 1. The van der Waals surface area contributed by atoms with E-state index in [1.54, 1.807) is 23.7 Å². The highest BCUT2D eigenvalue weighted by Crippen LogP contribution is 2.31. The predicted octanol–water partition coefficient (Wildman–Crippen LogP) is 4.23. The number of rotatable bonds is 7. The number of amides is 2. The fraction of sp³-hybridized carbons (Fsp3) is 0.360. The van der Waals surface area contributed by atoms with E-state index in [2.05, 4.69) is 5.32 Å². The number of hydrogen-bond donors (Lipinski definition) is 1. The van der Waals surface area contributed by atoms with E-state index in [4.69, 9.17) is 4.98 Å². The molecule has 1 aliphatic rings. The van der Waals surface area contributed by atoms with Gasteiger partial charge in [-0.05, 0) is 49.2 Å². The third kappa shape index (κ3) is 5.64. The lowest BCUT2D eigenvalue weighted by Gasteiger charge is -2.26. The number of fused-ring (bicyclic) bond motifs is 1. The van der Waals surface area contributed by atoms with Crippen molar-refractivity contribution in [2.24, 2.45) is 0 Å². The van der Waals surface area contributed by atoms with Gasteiger partial charge in [0.25, 0.3) is 5.56 Å². The van der Waals surface area contributed by atoms with E-state index in [0.717, 1.165) is 32.1 Å². The molecule has 0 bridgehead atoms. The SMILES string of the molecule is CN(CC(=O)Nc1ccc(F)cc1)C(=O)CSc1nc2ccccc2c(=O)n1C1CCCCC1. The first-order chi connectivity index (χ1) is 16.4. The first-order valence-corrected chi connectivity index (χ1v) is 12.3. The maximum atomic E-state index is 13.3. The van der Waals surface area contributed by atoms with Gasteiger partial charge < -0.3 is 10.2 Å². The van der Waals surface area contributed by atoms with Crippen molar-refractivity contribution in [1.82, 2.24) is 14.5 Å². The minimum Gasteiger partial charge on any atom is -0.336 e. The fourth-order valence-electron chi connectivity index (χ4n) is 4.16. The second-order valence-electron chi connectivity index (χ2n) is 8.47. The van der Waals surface area contributed by atoms with Crippen LogP contribution in [0.25, 0.3) is 10.9 Å². The molecule has 1 fully saturated rings. The van der Waals surface area contributed by atoms with Crippen molar-refractivity contribution in [3.05, 3.63) is 64.7 Å². The Morgan fingerprint density at radius 1 is 1.12 bits per heavy atom. The van der Waals surface area contributed by atoms with E-state index in [1.807, 2.05) is 12.1 Å². The summed E-state index contributed by atoms with van der Waals surface area (Å²) in [5.41, 5.74) is 1.000. The summed E-state index contributed by atoms with van der Waals surface area (Å²) in [5.74, 6) is -0.971. The van der Waals surface area contributed by atoms with Crippen LogP contribution in [0.3, 0.4) is 0 Å². The first-order valence-electron chi connectivity index (χ1n) is 11.4. The Bertz CT molecular complexity index is 1240. The van der Waals surface area contributed by atoms with Crippen molar-refractivity contribution in [2.75, 3.05) is 24.7 Å². The molecule has 4 rings (SSSR count). The van der Waals surface area contributed by atoms with Crippen molar-refractivity contribution in [3.8, 4) is 0 Å².